The van der Waals surface area contributed by atoms with Gasteiger partial charge < -0.3 is 10.6 Å². The number of benzene rings is 1. The third kappa shape index (κ3) is 5.18. The molecule has 128 valence electrons. The summed E-state index contributed by atoms with van der Waals surface area (Å²) in [5.41, 5.74) is 8.36. The van der Waals surface area contributed by atoms with Gasteiger partial charge in [0.2, 0.25) is 5.91 Å². The fraction of sp³-hybridized carbons (Fsp3) is 0.350. The number of carbonyl (C=O) groups is 1. The molecule has 1 amide bonds. The molecular formula is C20H27N3O. The van der Waals surface area contributed by atoms with Gasteiger partial charge >= 0.3 is 0 Å². The third-order valence-electron chi connectivity index (χ3n) is 4.30. The molecule has 1 aromatic rings. The van der Waals surface area contributed by atoms with Gasteiger partial charge in [0, 0.05) is 32.7 Å². The quantitative estimate of drug-likeness (QED) is 0.780. The molecule has 2 N–H and O–H groups in total. The normalized spacial score (nSPS) is 17.4. The SMILES string of the molecule is C=C/C=C(\C=C)CN1CCN(C(=O)C(N)Cc2ccccc2)CC1. The molecule has 4 heteroatoms. The summed E-state index contributed by atoms with van der Waals surface area (Å²) in [6.45, 7) is 11.5. The maximum Gasteiger partial charge on any atom is 0.239 e. The van der Waals surface area contributed by atoms with Gasteiger partial charge in [-0.2, -0.15) is 0 Å². The third-order valence-corrected chi connectivity index (χ3v) is 4.30. The van der Waals surface area contributed by atoms with Crippen molar-refractivity contribution in [3.63, 3.8) is 0 Å². The highest BCUT2D eigenvalue weighted by molar-refractivity contribution is 5.82. The summed E-state index contributed by atoms with van der Waals surface area (Å²) in [6.07, 6.45) is 6.19. The number of rotatable bonds is 7. The number of amides is 1. The lowest BCUT2D eigenvalue weighted by molar-refractivity contribution is -0.134. The molecule has 0 bridgehead atoms. The second-order valence-electron chi connectivity index (χ2n) is 6.08. The van der Waals surface area contributed by atoms with Crippen molar-refractivity contribution in [1.82, 2.24) is 9.80 Å². The van der Waals surface area contributed by atoms with Crippen molar-refractivity contribution in [2.45, 2.75) is 12.5 Å². The maximum atomic E-state index is 12.5. The maximum absolute atomic E-state index is 12.5. The zero-order valence-electron chi connectivity index (χ0n) is 14.2. The zero-order chi connectivity index (χ0) is 17.4. The molecule has 0 aromatic heterocycles. The highest BCUT2D eigenvalue weighted by atomic mass is 16.2. The van der Waals surface area contributed by atoms with E-state index in [0.29, 0.717) is 6.42 Å². The van der Waals surface area contributed by atoms with Crippen LogP contribution >= 0.6 is 0 Å². The van der Waals surface area contributed by atoms with Crippen molar-refractivity contribution in [2.75, 3.05) is 32.7 Å². The van der Waals surface area contributed by atoms with Crippen LogP contribution in [0.3, 0.4) is 0 Å². The van der Waals surface area contributed by atoms with Crippen LogP contribution in [0.15, 0.2) is 67.3 Å². The molecule has 1 heterocycles. The average molecular weight is 325 g/mol. The topological polar surface area (TPSA) is 49.6 Å². The Kier molecular flexibility index (Phi) is 6.97. The average Bonchev–Trinajstić information content (AvgIpc) is 2.62. The Morgan fingerprint density at radius 3 is 2.42 bits per heavy atom. The van der Waals surface area contributed by atoms with Crippen molar-refractivity contribution < 1.29 is 4.79 Å². The molecule has 1 aromatic carbocycles. The Bertz CT molecular complexity index is 586. The molecular weight excluding hydrogens is 298 g/mol. The number of allylic oxidation sites excluding steroid dienone is 2. The lowest BCUT2D eigenvalue weighted by atomic mass is 10.1. The fourth-order valence-corrected chi connectivity index (χ4v) is 2.91. The number of carbonyl (C=O) groups excluding carboxylic acids is 1. The molecule has 1 aliphatic rings. The van der Waals surface area contributed by atoms with E-state index in [4.69, 9.17) is 5.73 Å². The van der Waals surface area contributed by atoms with Gasteiger partial charge in [-0.1, -0.05) is 61.7 Å². The summed E-state index contributed by atoms with van der Waals surface area (Å²) in [7, 11) is 0. The Morgan fingerprint density at radius 2 is 1.83 bits per heavy atom. The largest absolute Gasteiger partial charge is 0.339 e. The lowest BCUT2D eigenvalue weighted by Gasteiger charge is -2.36. The minimum Gasteiger partial charge on any atom is -0.339 e. The van der Waals surface area contributed by atoms with E-state index in [9.17, 15) is 4.79 Å². The predicted octanol–water partition coefficient (Wildman–Crippen LogP) is 2.00. The van der Waals surface area contributed by atoms with Gasteiger partial charge in [0.15, 0.2) is 0 Å². The smallest absolute Gasteiger partial charge is 0.239 e. The van der Waals surface area contributed by atoms with Gasteiger partial charge in [-0.3, -0.25) is 9.69 Å². The van der Waals surface area contributed by atoms with Crippen LogP contribution in [0.4, 0.5) is 0 Å². The molecule has 0 saturated carbocycles. The second-order valence-corrected chi connectivity index (χ2v) is 6.08. The van der Waals surface area contributed by atoms with Crippen LogP contribution in [0.5, 0.6) is 0 Å². The molecule has 1 saturated heterocycles. The van der Waals surface area contributed by atoms with Crippen LogP contribution in [0, 0.1) is 0 Å². The van der Waals surface area contributed by atoms with Gasteiger partial charge in [-0.05, 0) is 17.6 Å². The Labute approximate surface area is 144 Å². The summed E-state index contributed by atoms with van der Waals surface area (Å²) in [6, 6.07) is 9.46. The van der Waals surface area contributed by atoms with E-state index in [1.54, 1.807) is 6.08 Å². The lowest BCUT2D eigenvalue weighted by Crippen LogP contribution is -2.53. The Balaban J connectivity index is 1.82. The number of nitrogens with zero attached hydrogens (tertiary/aromatic N) is 2. The molecule has 1 fully saturated rings. The van der Waals surface area contributed by atoms with Crippen molar-refractivity contribution in [3.05, 3.63) is 72.9 Å². The highest BCUT2D eigenvalue weighted by Crippen LogP contribution is 2.09. The van der Waals surface area contributed by atoms with E-state index in [1.165, 1.54) is 0 Å². The van der Waals surface area contributed by atoms with Crippen molar-refractivity contribution in [2.24, 2.45) is 5.73 Å². The molecule has 1 aliphatic heterocycles. The van der Waals surface area contributed by atoms with E-state index in [2.05, 4.69) is 18.1 Å². The summed E-state index contributed by atoms with van der Waals surface area (Å²) in [4.78, 5) is 16.7. The van der Waals surface area contributed by atoms with Crippen molar-refractivity contribution in [1.29, 1.82) is 0 Å². The van der Waals surface area contributed by atoms with Gasteiger partial charge in [0.25, 0.3) is 0 Å². The Morgan fingerprint density at radius 1 is 1.17 bits per heavy atom. The van der Waals surface area contributed by atoms with E-state index in [0.717, 1.165) is 43.9 Å². The van der Waals surface area contributed by atoms with Gasteiger partial charge in [0.1, 0.15) is 0 Å². The number of hydrogen-bond acceptors (Lipinski definition) is 3. The monoisotopic (exact) mass is 325 g/mol. The molecule has 1 unspecified atom stereocenters. The minimum atomic E-state index is -0.469. The molecule has 2 rings (SSSR count). The van der Waals surface area contributed by atoms with Gasteiger partial charge in [-0.25, -0.2) is 0 Å². The van der Waals surface area contributed by atoms with Crippen LogP contribution < -0.4 is 5.73 Å². The van der Waals surface area contributed by atoms with Crippen molar-refractivity contribution in [3.8, 4) is 0 Å². The molecule has 0 spiro atoms. The first kappa shape index (κ1) is 18.2. The fourth-order valence-electron chi connectivity index (χ4n) is 2.91. The summed E-state index contributed by atoms with van der Waals surface area (Å²) >= 11 is 0. The molecule has 4 nitrogen and oxygen atoms in total. The van der Waals surface area contributed by atoms with Crippen LogP contribution in [-0.4, -0.2) is 54.5 Å². The number of hydrogen-bond donors (Lipinski definition) is 1. The van der Waals surface area contributed by atoms with E-state index in [-0.39, 0.29) is 5.91 Å². The van der Waals surface area contributed by atoms with Crippen LogP contribution in [0.2, 0.25) is 0 Å². The molecule has 0 radical (unpaired) electrons. The van der Waals surface area contributed by atoms with Crippen LogP contribution in [0.25, 0.3) is 0 Å². The minimum absolute atomic E-state index is 0.0454. The second kappa shape index (κ2) is 9.21. The first-order valence-electron chi connectivity index (χ1n) is 8.38. The number of nitrogens with two attached hydrogens (primary N) is 1. The zero-order valence-corrected chi connectivity index (χ0v) is 14.2. The van der Waals surface area contributed by atoms with Crippen LogP contribution in [0.1, 0.15) is 5.56 Å². The summed E-state index contributed by atoms with van der Waals surface area (Å²) in [5, 5.41) is 0. The first-order chi connectivity index (χ1) is 11.6. The van der Waals surface area contributed by atoms with Gasteiger partial charge in [0.05, 0.1) is 6.04 Å². The summed E-state index contributed by atoms with van der Waals surface area (Å²) < 4.78 is 0. The standard InChI is InChI=1S/C20H27N3O/c1-3-8-17(4-2)16-22-11-13-23(14-12-22)20(24)19(21)15-18-9-6-5-7-10-18/h3-10,19H,1-2,11-16,21H2/b17-8+. The van der Waals surface area contributed by atoms with E-state index in [1.807, 2.05) is 47.4 Å². The molecule has 24 heavy (non-hydrogen) atoms. The summed E-state index contributed by atoms with van der Waals surface area (Å²) in [5.74, 6) is 0.0454. The molecule has 0 aliphatic carbocycles. The number of piperazine rings is 1. The predicted molar refractivity (Wildman–Crippen MR) is 99.6 cm³/mol. The van der Waals surface area contributed by atoms with Crippen molar-refractivity contribution >= 4 is 5.91 Å². The van der Waals surface area contributed by atoms with Crippen LogP contribution in [-0.2, 0) is 11.2 Å². The van der Waals surface area contributed by atoms with E-state index < -0.39 is 6.04 Å². The first-order valence-corrected chi connectivity index (χ1v) is 8.38. The van der Waals surface area contributed by atoms with Gasteiger partial charge in [-0.15, -0.1) is 0 Å². The Hall–Kier alpha value is -2.17. The highest BCUT2D eigenvalue weighted by Gasteiger charge is 2.25. The molecule has 1 atom stereocenters. The van der Waals surface area contributed by atoms with E-state index >= 15 is 0 Å².